The summed E-state index contributed by atoms with van der Waals surface area (Å²) in [5.74, 6) is 0.725. The molecule has 0 radical (unpaired) electrons. The van der Waals surface area contributed by atoms with Gasteiger partial charge in [0.25, 0.3) is 0 Å². The molecule has 0 aliphatic carbocycles. The van der Waals surface area contributed by atoms with Crippen LogP contribution in [0.3, 0.4) is 0 Å². The molecule has 2 aromatic carbocycles. The Labute approximate surface area is 166 Å². The topological polar surface area (TPSA) is 36.0 Å². The molecule has 0 bridgehead atoms. The molecule has 1 saturated heterocycles. The van der Waals surface area contributed by atoms with E-state index in [1.807, 2.05) is 25.1 Å². The summed E-state index contributed by atoms with van der Waals surface area (Å²) in [7, 11) is 1.79. The van der Waals surface area contributed by atoms with Gasteiger partial charge in [0, 0.05) is 39.8 Å². The van der Waals surface area contributed by atoms with Crippen LogP contribution in [-0.4, -0.2) is 62.1 Å². The number of benzene rings is 2. The number of carbonyl (C=O) groups is 1. The lowest BCUT2D eigenvalue weighted by Gasteiger charge is -2.36. The molecule has 0 atom stereocenters. The average molecular weight is 385 g/mol. The van der Waals surface area contributed by atoms with Crippen molar-refractivity contribution >= 4 is 11.6 Å². The van der Waals surface area contributed by atoms with Gasteiger partial charge >= 0.3 is 0 Å². The lowest BCUT2D eigenvalue weighted by Crippen LogP contribution is -2.49. The molecule has 5 nitrogen and oxygen atoms in total. The molecule has 150 valence electrons. The van der Waals surface area contributed by atoms with E-state index in [4.69, 9.17) is 4.74 Å². The second kappa shape index (κ2) is 9.55. The zero-order chi connectivity index (χ0) is 19.9. The van der Waals surface area contributed by atoms with Crippen molar-refractivity contribution in [1.29, 1.82) is 0 Å². The molecule has 1 aliphatic rings. The van der Waals surface area contributed by atoms with Gasteiger partial charge < -0.3 is 14.5 Å². The van der Waals surface area contributed by atoms with E-state index in [1.165, 1.54) is 12.1 Å². The number of rotatable bonds is 7. The predicted molar refractivity (Wildman–Crippen MR) is 109 cm³/mol. The van der Waals surface area contributed by atoms with E-state index >= 15 is 0 Å². The van der Waals surface area contributed by atoms with Gasteiger partial charge in [-0.15, -0.1) is 0 Å². The maximum atomic E-state index is 13.0. The maximum absolute atomic E-state index is 13.0. The molecule has 1 aliphatic heterocycles. The first-order valence-electron chi connectivity index (χ1n) is 9.74. The third-order valence-corrected chi connectivity index (χ3v) is 5.00. The summed E-state index contributed by atoms with van der Waals surface area (Å²) in [5, 5.41) is 0. The smallest absolute Gasteiger partial charge is 0.236 e. The highest BCUT2D eigenvalue weighted by Crippen LogP contribution is 2.28. The first-order valence-corrected chi connectivity index (χ1v) is 9.74. The van der Waals surface area contributed by atoms with E-state index in [2.05, 4.69) is 15.9 Å². The Bertz CT molecular complexity index is 774. The van der Waals surface area contributed by atoms with Crippen molar-refractivity contribution in [2.24, 2.45) is 0 Å². The molecule has 1 amide bonds. The fraction of sp³-hybridized carbons (Fsp3) is 0.409. The average Bonchev–Trinajstić information content (AvgIpc) is 2.71. The molecule has 0 aromatic heterocycles. The van der Waals surface area contributed by atoms with Crippen LogP contribution in [0.2, 0.25) is 0 Å². The maximum Gasteiger partial charge on any atom is 0.236 e. The quantitative estimate of drug-likeness (QED) is 0.734. The van der Waals surface area contributed by atoms with Crippen LogP contribution >= 0.6 is 0 Å². The third kappa shape index (κ3) is 5.23. The zero-order valence-electron chi connectivity index (χ0n) is 16.6. The van der Waals surface area contributed by atoms with Gasteiger partial charge in [0.05, 0.1) is 18.8 Å². The molecule has 6 heteroatoms. The highest BCUT2D eigenvalue weighted by Gasteiger charge is 2.22. The fourth-order valence-corrected chi connectivity index (χ4v) is 3.41. The normalized spacial score (nSPS) is 14.8. The van der Waals surface area contributed by atoms with Gasteiger partial charge in [-0.1, -0.05) is 24.3 Å². The summed E-state index contributed by atoms with van der Waals surface area (Å²) in [6.07, 6.45) is 0. The molecule has 0 spiro atoms. The standard InChI is InChI=1S/C22H28FN3O2/c1-3-28-21-7-5-4-6-20(21)26-14-12-25(13-15-26)17-22(27)24(2)16-18-8-10-19(23)11-9-18/h4-11H,3,12-17H2,1-2H3. The number of ether oxygens (including phenoxy) is 1. The minimum Gasteiger partial charge on any atom is -0.492 e. The van der Waals surface area contributed by atoms with Gasteiger partial charge in [0.2, 0.25) is 5.91 Å². The number of likely N-dealkylation sites (N-methyl/N-ethyl adjacent to an activating group) is 1. The van der Waals surface area contributed by atoms with Crippen LogP contribution in [0.4, 0.5) is 10.1 Å². The van der Waals surface area contributed by atoms with Crippen LogP contribution < -0.4 is 9.64 Å². The van der Waals surface area contributed by atoms with Crippen molar-refractivity contribution in [3.05, 3.63) is 59.9 Å². The zero-order valence-corrected chi connectivity index (χ0v) is 16.6. The number of amides is 1. The molecule has 0 N–H and O–H groups in total. The van der Waals surface area contributed by atoms with Crippen LogP contribution in [0.1, 0.15) is 12.5 Å². The molecule has 3 rings (SSSR count). The van der Waals surface area contributed by atoms with Crippen LogP contribution in [0.15, 0.2) is 48.5 Å². The lowest BCUT2D eigenvalue weighted by molar-refractivity contribution is -0.131. The SMILES string of the molecule is CCOc1ccccc1N1CCN(CC(=O)N(C)Cc2ccc(F)cc2)CC1. The monoisotopic (exact) mass is 385 g/mol. The molecule has 0 saturated carbocycles. The molecule has 2 aromatic rings. The van der Waals surface area contributed by atoms with Gasteiger partial charge in [-0.05, 0) is 36.8 Å². The van der Waals surface area contributed by atoms with Crippen molar-refractivity contribution in [3.63, 3.8) is 0 Å². The van der Waals surface area contributed by atoms with Crippen LogP contribution in [0.5, 0.6) is 5.75 Å². The minimum absolute atomic E-state index is 0.0764. The number of hydrogen-bond acceptors (Lipinski definition) is 4. The first kappa shape index (κ1) is 20.1. The van der Waals surface area contributed by atoms with Crippen molar-refractivity contribution in [2.45, 2.75) is 13.5 Å². The Kier molecular flexibility index (Phi) is 6.87. The number of carbonyl (C=O) groups excluding carboxylic acids is 1. The number of para-hydroxylation sites is 2. The molecule has 1 heterocycles. The van der Waals surface area contributed by atoms with Gasteiger partial charge in [-0.2, -0.15) is 0 Å². The number of piperazine rings is 1. The Hall–Kier alpha value is -2.60. The number of nitrogens with zero attached hydrogens (tertiary/aromatic N) is 3. The highest BCUT2D eigenvalue weighted by molar-refractivity contribution is 5.78. The minimum atomic E-state index is -0.262. The first-order chi connectivity index (χ1) is 13.6. The molecular weight excluding hydrogens is 357 g/mol. The summed E-state index contributed by atoms with van der Waals surface area (Å²) in [6.45, 7) is 6.90. The molecule has 28 heavy (non-hydrogen) atoms. The Morgan fingerprint density at radius 2 is 1.75 bits per heavy atom. The Balaban J connectivity index is 1.50. The predicted octanol–water partition coefficient (Wildman–Crippen LogP) is 3.01. The van der Waals surface area contributed by atoms with E-state index in [0.717, 1.165) is 43.2 Å². The second-order valence-electron chi connectivity index (χ2n) is 7.04. The van der Waals surface area contributed by atoms with Crippen LogP contribution in [0.25, 0.3) is 0 Å². The fourth-order valence-electron chi connectivity index (χ4n) is 3.41. The lowest BCUT2D eigenvalue weighted by atomic mass is 10.2. The Morgan fingerprint density at radius 3 is 2.43 bits per heavy atom. The van der Waals surface area contributed by atoms with E-state index in [-0.39, 0.29) is 11.7 Å². The van der Waals surface area contributed by atoms with Gasteiger partial charge in [0.15, 0.2) is 0 Å². The van der Waals surface area contributed by atoms with Crippen LogP contribution in [-0.2, 0) is 11.3 Å². The molecule has 1 fully saturated rings. The third-order valence-electron chi connectivity index (χ3n) is 5.00. The number of anilines is 1. The van der Waals surface area contributed by atoms with Gasteiger partial charge in [-0.25, -0.2) is 4.39 Å². The highest BCUT2D eigenvalue weighted by atomic mass is 19.1. The Morgan fingerprint density at radius 1 is 1.07 bits per heavy atom. The van der Waals surface area contributed by atoms with Crippen molar-refractivity contribution in [1.82, 2.24) is 9.80 Å². The van der Waals surface area contributed by atoms with Gasteiger partial charge in [-0.3, -0.25) is 9.69 Å². The van der Waals surface area contributed by atoms with Crippen molar-refractivity contribution in [3.8, 4) is 5.75 Å². The van der Waals surface area contributed by atoms with Crippen LogP contribution in [0, 0.1) is 5.82 Å². The van der Waals surface area contributed by atoms with E-state index in [0.29, 0.717) is 19.7 Å². The van der Waals surface area contributed by atoms with E-state index in [1.54, 1.807) is 24.1 Å². The summed E-state index contributed by atoms with van der Waals surface area (Å²) in [6, 6.07) is 14.4. The summed E-state index contributed by atoms with van der Waals surface area (Å²) >= 11 is 0. The molecule has 0 unspecified atom stereocenters. The summed E-state index contributed by atoms with van der Waals surface area (Å²) in [4.78, 5) is 18.7. The van der Waals surface area contributed by atoms with E-state index in [9.17, 15) is 9.18 Å². The largest absolute Gasteiger partial charge is 0.492 e. The van der Waals surface area contributed by atoms with Crippen molar-refractivity contribution in [2.75, 3.05) is 51.3 Å². The summed E-state index contributed by atoms with van der Waals surface area (Å²) in [5.41, 5.74) is 2.04. The van der Waals surface area contributed by atoms with Gasteiger partial charge in [0.1, 0.15) is 11.6 Å². The summed E-state index contributed by atoms with van der Waals surface area (Å²) < 4.78 is 18.8. The van der Waals surface area contributed by atoms with Crippen molar-refractivity contribution < 1.29 is 13.9 Å². The molecular formula is C22H28FN3O2. The van der Waals surface area contributed by atoms with E-state index < -0.39 is 0 Å². The second-order valence-corrected chi connectivity index (χ2v) is 7.04. The number of hydrogen-bond donors (Lipinski definition) is 0. The number of halogens is 1.